The highest BCUT2D eigenvalue weighted by Crippen LogP contribution is 2.23. The molecule has 4 heterocycles. The first-order valence-electron chi connectivity index (χ1n) is 10.9. The Kier molecular flexibility index (Phi) is 5.00. The molecule has 1 amide bonds. The van der Waals surface area contributed by atoms with Crippen LogP contribution in [0.1, 0.15) is 23.4 Å². The van der Waals surface area contributed by atoms with Crippen molar-refractivity contribution in [3.63, 3.8) is 0 Å². The molecule has 5 aromatic rings. The average molecular weight is 457 g/mol. The molecule has 5 rings (SSSR count). The van der Waals surface area contributed by atoms with E-state index in [1.54, 1.807) is 13.1 Å². The molecular weight excluding hydrogens is 434 g/mol. The number of anilines is 1. The Morgan fingerprint density at radius 1 is 1.03 bits per heavy atom. The molecule has 0 saturated heterocycles. The largest absolute Gasteiger partial charge is 0.332 e. The summed E-state index contributed by atoms with van der Waals surface area (Å²) in [4.78, 5) is 46.2. The van der Waals surface area contributed by atoms with Gasteiger partial charge in [0, 0.05) is 37.3 Å². The fourth-order valence-corrected chi connectivity index (χ4v) is 4.33. The van der Waals surface area contributed by atoms with Gasteiger partial charge in [0.2, 0.25) is 5.91 Å². The smallest absolute Gasteiger partial charge is 0.325 e. The van der Waals surface area contributed by atoms with E-state index in [4.69, 9.17) is 4.98 Å². The fraction of sp³-hybridized carbons (Fsp3) is 0.250. The van der Waals surface area contributed by atoms with Gasteiger partial charge in [-0.15, -0.1) is 0 Å². The van der Waals surface area contributed by atoms with Crippen LogP contribution in [0.5, 0.6) is 0 Å². The fourth-order valence-electron chi connectivity index (χ4n) is 4.33. The Bertz CT molecular complexity index is 1740. The van der Waals surface area contributed by atoms with Crippen molar-refractivity contribution in [3.8, 4) is 0 Å². The average Bonchev–Trinajstić information content (AvgIpc) is 3.20. The number of benzene rings is 1. The van der Waals surface area contributed by atoms with Gasteiger partial charge >= 0.3 is 5.69 Å². The quantitative estimate of drug-likeness (QED) is 0.441. The highest BCUT2D eigenvalue weighted by Gasteiger charge is 2.16. The third-order valence-corrected chi connectivity index (χ3v) is 6.20. The number of hydrogen-bond acceptors (Lipinski definition) is 6. The molecule has 0 atom stereocenters. The number of fused-ring (bicyclic) bond motifs is 4. The highest BCUT2D eigenvalue weighted by molar-refractivity contribution is 5.93. The van der Waals surface area contributed by atoms with Gasteiger partial charge < -0.3 is 5.32 Å². The molecule has 1 aromatic carbocycles. The van der Waals surface area contributed by atoms with E-state index < -0.39 is 11.2 Å². The van der Waals surface area contributed by atoms with E-state index in [1.807, 2.05) is 42.6 Å². The van der Waals surface area contributed by atoms with Crippen molar-refractivity contribution in [3.05, 3.63) is 74.3 Å². The molecule has 172 valence electrons. The van der Waals surface area contributed by atoms with Crippen LogP contribution in [0, 0.1) is 13.8 Å². The first-order chi connectivity index (χ1) is 16.3. The number of nitrogens with one attached hydrogen (secondary N) is 1. The normalized spacial score (nSPS) is 11.5. The molecule has 0 bridgehead atoms. The minimum Gasteiger partial charge on any atom is -0.325 e. The highest BCUT2D eigenvalue weighted by atomic mass is 16.2. The molecule has 1 N–H and O–H groups in total. The van der Waals surface area contributed by atoms with Crippen molar-refractivity contribution in [2.24, 2.45) is 14.1 Å². The van der Waals surface area contributed by atoms with E-state index in [0.717, 1.165) is 38.1 Å². The van der Waals surface area contributed by atoms with Gasteiger partial charge in [-0.1, -0.05) is 12.1 Å². The van der Waals surface area contributed by atoms with E-state index in [2.05, 4.69) is 15.4 Å². The lowest BCUT2D eigenvalue weighted by Gasteiger charge is -2.12. The summed E-state index contributed by atoms with van der Waals surface area (Å²) >= 11 is 0. The molecule has 0 aliphatic rings. The molecule has 0 fully saturated rings. The van der Waals surface area contributed by atoms with Gasteiger partial charge in [-0.2, -0.15) is 5.10 Å². The van der Waals surface area contributed by atoms with Crippen LogP contribution in [0.3, 0.4) is 0 Å². The summed E-state index contributed by atoms with van der Waals surface area (Å²) < 4.78 is 4.15. The van der Waals surface area contributed by atoms with Crippen molar-refractivity contribution in [1.82, 2.24) is 28.7 Å². The molecule has 0 saturated carbocycles. The molecule has 10 nitrogen and oxygen atoms in total. The number of amides is 1. The molecule has 34 heavy (non-hydrogen) atoms. The Balaban J connectivity index is 1.39. The zero-order valence-corrected chi connectivity index (χ0v) is 19.3. The lowest BCUT2D eigenvalue weighted by Crippen LogP contribution is -2.37. The summed E-state index contributed by atoms with van der Waals surface area (Å²) in [5, 5.41) is 8.71. The molecule has 10 heteroatoms. The van der Waals surface area contributed by atoms with Crippen molar-refractivity contribution in [2.45, 2.75) is 26.7 Å². The summed E-state index contributed by atoms with van der Waals surface area (Å²) in [6.45, 7) is 3.92. The lowest BCUT2D eigenvalue weighted by atomic mass is 10.1. The van der Waals surface area contributed by atoms with E-state index >= 15 is 0 Å². The number of aromatic nitrogens is 6. The van der Waals surface area contributed by atoms with E-state index in [0.29, 0.717) is 12.1 Å². The lowest BCUT2D eigenvalue weighted by molar-refractivity contribution is -0.116. The number of carbonyl (C=O) groups excluding carboxylic acids is 1. The Morgan fingerprint density at radius 2 is 1.79 bits per heavy atom. The number of rotatable bonds is 4. The topological polar surface area (TPSA) is 116 Å². The van der Waals surface area contributed by atoms with Crippen LogP contribution in [0.4, 0.5) is 5.69 Å². The Labute approximate surface area is 193 Å². The summed E-state index contributed by atoms with van der Waals surface area (Å²) in [5.41, 5.74) is 4.20. The first kappa shape index (κ1) is 21.5. The van der Waals surface area contributed by atoms with Crippen molar-refractivity contribution in [2.75, 3.05) is 5.32 Å². The summed E-state index contributed by atoms with van der Waals surface area (Å²) in [6, 6.07) is 9.40. The number of nitrogens with zero attached hydrogens (tertiary/aromatic N) is 6. The second kappa shape index (κ2) is 7.91. The SMILES string of the molecule is Cc1nc2c3ccccc3nn2c(C)c1CCC(=O)Nc1cnc2c(c1)c(=O)n(C)c(=O)n2C. The predicted octanol–water partition coefficient (Wildman–Crippen LogP) is 2.02. The van der Waals surface area contributed by atoms with Crippen molar-refractivity contribution < 1.29 is 4.79 Å². The third kappa shape index (κ3) is 3.35. The second-order valence-corrected chi connectivity index (χ2v) is 8.36. The minimum atomic E-state index is -0.459. The first-order valence-corrected chi connectivity index (χ1v) is 10.9. The van der Waals surface area contributed by atoms with Crippen molar-refractivity contribution >= 4 is 39.2 Å². The molecule has 0 radical (unpaired) electrons. The molecular formula is C24H23N7O3. The van der Waals surface area contributed by atoms with Crippen LogP contribution >= 0.6 is 0 Å². The summed E-state index contributed by atoms with van der Waals surface area (Å²) in [5.74, 6) is -0.215. The minimum absolute atomic E-state index is 0.215. The maximum Gasteiger partial charge on any atom is 0.332 e. The number of pyridine rings is 1. The maximum atomic E-state index is 12.7. The predicted molar refractivity (Wildman–Crippen MR) is 129 cm³/mol. The van der Waals surface area contributed by atoms with Crippen LogP contribution < -0.4 is 16.6 Å². The van der Waals surface area contributed by atoms with Gasteiger partial charge in [-0.25, -0.2) is 19.3 Å². The Morgan fingerprint density at radius 3 is 2.59 bits per heavy atom. The van der Waals surface area contributed by atoms with Gasteiger partial charge in [-0.3, -0.25) is 18.7 Å². The molecule has 0 aliphatic carbocycles. The van der Waals surface area contributed by atoms with E-state index in [9.17, 15) is 14.4 Å². The van der Waals surface area contributed by atoms with Crippen LogP contribution in [0.2, 0.25) is 0 Å². The summed E-state index contributed by atoms with van der Waals surface area (Å²) in [6.07, 6.45) is 2.15. The van der Waals surface area contributed by atoms with Gasteiger partial charge in [-0.05, 0) is 44.0 Å². The van der Waals surface area contributed by atoms with Crippen LogP contribution in [0.25, 0.3) is 27.6 Å². The number of aryl methyl sites for hydroxylation is 3. The van der Waals surface area contributed by atoms with Crippen molar-refractivity contribution in [1.29, 1.82) is 0 Å². The zero-order chi connectivity index (χ0) is 24.1. The van der Waals surface area contributed by atoms with Crippen LogP contribution in [-0.2, 0) is 25.3 Å². The monoisotopic (exact) mass is 457 g/mol. The van der Waals surface area contributed by atoms with Crippen LogP contribution in [-0.4, -0.2) is 34.6 Å². The second-order valence-electron chi connectivity index (χ2n) is 8.36. The number of hydrogen-bond donors (Lipinski definition) is 1. The van der Waals surface area contributed by atoms with Gasteiger partial charge in [0.25, 0.3) is 5.56 Å². The number of carbonyl (C=O) groups is 1. The molecule has 4 aromatic heterocycles. The molecule has 0 aliphatic heterocycles. The van der Waals surface area contributed by atoms with Crippen LogP contribution in [0.15, 0.2) is 46.1 Å². The van der Waals surface area contributed by atoms with Gasteiger partial charge in [0.15, 0.2) is 5.65 Å². The van der Waals surface area contributed by atoms with E-state index in [-0.39, 0.29) is 23.4 Å². The van der Waals surface area contributed by atoms with E-state index in [1.165, 1.54) is 17.8 Å². The zero-order valence-electron chi connectivity index (χ0n) is 19.3. The maximum absolute atomic E-state index is 12.7. The molecule has 0 spiro atoms. The Hall–Kier alpha value is -4.34. The van der Waals surface area contributed by atoms with Gasteiger partial charge in [0.05, 0.1) is 22.8 Å². The molecule has 0 unspecified atom stereocenters. The third-order valence-electron chi connectivity index (χ3n) is 6.20. The van der Waals surface area contributed by atoms with Gasteiger partial charge in [0.1, 0.15) is 5.65 Å². The summed E-state index contributed by atoms with van der Waals surface area (Å²) in [7, 11) is 2.96. The standard InChI is InChI=1S/C24H23N7O3/c1-13-16(14(2)31-22(26-13)17-7-5-6-8-19(17)28-31)9-10-20(32)27-15-11-18-21(25-12-15)29(3)24(34)30(4)23(18)33/h5-8,11-12H,9-10H2,1-4H3,(H,27,32).